The number of aliphatic hydroxyl groups excluding tert-OH is 2. The standard InChI is InChI=1S/C73H143NO5/c1-3-5-7-9-11-13-15-17-19-37-41-45-49-53-57-61-65-71(76)70(69-75)74-72(77)66-62-58-54-50-46-42-38-35-33-31-29-27-25-23-21-22-24-26-28-30-32-34-36-40-44-48-52-56-60-64-68-79-73(78)67-63-59-55-51-47-43-39-20-18-16-14-12-10-8-6-4-2/h22,24,70-71,75-76H,3-21,23,25-69H2,1-2H3,(H,74,77)/b24-22-. The highest BCUT2D eigenvalue weighted by Gasteiger charge is 2.20. The average molecular weight is 1110 g/mol. The number of esters is 1. The Bertz CT molecular complexity index is 1190. The van der Waals surface area contributed by atoms with Crippen LogP contribution in [0.5, 0.6) is 0 Å². The summed E-state index contributed by atoms with van der Waals surface area (Å²) in [5, 5.41) is 23.4. The van der Waals surface area contributed by atoms with Crippen molar-refractivity contribution in [3.05, 3.63) is 12.2 Å². The van der Waals surface area contributed by atoms with Crippen LogP contribution in [0.2, 0.25) is 0 Å². The minimum Gasteiger partial charge on any atom is -0.466 e. The number of carbonyl (C=O) groups is 2. The molecule has 1 amide bonds. The Balaban J connectivity index is 3.34. The second kappa shape index (κ2) is 69.1. The van der Waals surface area contributed by atoms with Crippen molar-refractivity contribution >= 4 is 11.9 Å². The number of aliphatic hydroxyl groups is 2. The van der Waals surface area contributed by atoms with E-state index in [1.807, 2.05) is 0 Å². The maximum absolute atomic E-state index is 12.5. The molecule has 0 aliphatic rings. The second-order valence-corrected chi connectivity index (χ2v) is 25.3. The molecule has 0 rings (SSSR count). The van der Waals surface area contributed by atoms with E-state index in [2.05, 4.69) is 31.3 Å². The first kappa shape index (κ1) is 77.6. The third kappa shape index (κ3) is 65.6. The number of rotatable bonds is 69. The minimum absolute atomic E-state index is 0.0216. The van der Waals surface area contributed by atoms with Gasteiger partial charge >= 0.3 is 5.97 Å². The molecule has 0 bridgehead atoms. The first-order chi connectivity index (χ1) is 39.0. The fraction of sp³-hybridized carbons (Fsp3) is 0.945. The Labute approximate surface area is 495 Å². The van der Waals surface area contributed by atoms with E-state index in [0.29, 0.717) is 25.9 Å². The lowest BCUT2D eigenvalue weighted by Crippen LogP contribution is -2.45. The van der Waals surface area contributed by atoms with Crippen LogP contribution in [0, 0.1) is 0 Å². The quantitative estimate of drug-likeness (QED) is 0.0320. The molecule has 0 saturated carbocycles. The maximum Gasteiger partial charge on any atom is 0.305 e. The molecule has 3 N–H and O–H groups in total. The minimum atomic E-state index is -0.663. The number of nitrogens with one attached hydrogen (secondary N) is 1. The van der Waals surface area contributed by atoms with Gasteiger partial charge < -0.3 is 20.3 Å². The zero-order valence-corrected chi connectivity index (χ0v) is 53.9. The lowest BCUT2D eigenvalue weighted by atomic mass is 10.0. The van der Waals surface area contributed by atoms with Crippen LogP contribution in [0.15, 0.2) is 12.2 Å². The molecule has 0 radical (unpaired) electrons. The number of allylic oxidation sites excluding steroid dienone is 2. The summed E-state index contributed by atoms with van der Waals surface area (Å²) in [6.07, 6.45) is 85.6. The van der Waals surface area contributed by atoms with Crippen LogP contribution in [-0.2, 0) is 14.3 Å². The molecule has 0 spiro atoms. The monoisotopic (exact) mass is 1110 g/mol. The molecule has 0 aromatic heterocycles. The number of carbonyl (C=O) groups excluding carboxylic acids is 2. The number of unbranched alkanes of at least 4 members (excludes halogenated alkanes) is 56. The highest BCUT2D eigenvalue weighted by Crippen LogP contribution is 2.19. The van der Waals surface area contributed by atoms with Crippen LogP contribution in [0.1, 0.15) is 418 Å². The van der Waals surface area contributed by atoms with E-state index in [4.69, 9.17) is 4.74 Å². The van der Waals surface area contributed by atoms with Crippen molar-refractivity contribution in [3.63, 3.8) is 0 Å². The van der Waals surface area contributed by atoms with E-state index in [1.54, 1.807) is 0 Å². The van der Waals surface area contributed by atoms with Crippen molar-refractivity contribution in [3.8, 4) is 0 Å². The molecule has 6 nitrogen and oxygen atoms in total. The highest BCUT2D eigenvalue weighted by atomic mass is 16.5. The van der Waals surface area contributed by atoms with Gasteiger partial charge in [-0.3, -0.25) is 9.59 Å². The van der Waals surface area contributed by atoms with Gasteiger partial charge in [0.1, 0.15) is 0 Å². The predicted octanol–water partition coefficient (Wildman–Crippen LogP) is 23.5. The maximum atomic E-state index is 12.5. The molecular formula is C73H143NO5. The third-order valence-electron chi connectivity index (χ3n) is 17.3. The Hall–Kier alpha value is -1.40. The number of hydrogen-bond acceptors (Lipinski definition) is 5. The topological polar surface area (TPSA) is 95.9 Å². The summed E-state index contributed by atoms with van der Waals surface area (Å²) in [7, 11) is 0. The van der Waals surface area contributed by atoms with Gasteiger partial charge in [0.05, 0.1) is 25.4 Å². The van der Waals surface area contributed by atoms with Crippen LogP contribution in [0.3, 0.4) is 0 Å². The Morgan fingerprint density at radius 2 is 0.595 bits per heavy atom. The average Bonchev–Trinajstić information content (AvgIpc) is 3.45. The molecule has 79 heavy (non-hydrogen) atoms. The summed E-state index contributed by atoms with van der Waals surface area (Å²) in [6.45, 7) is 5.00. The van der Waals surface area contributed by atoms with Gasteiger partial charge in [0, 0.05) is 12.8 Å². The molecule has 2 unspecified atom stereocenters. The SMILES string of the molecule is CCCCCCCCCCCCCCCCCCC(=O)OCCCCCCCCCCCCCC/C=C\CCCCCCCCCCCCCCCCC(=O)NC(CO)C(O)CCCCCCCCCCCCCCCCCC. The largest absolute Gasteiger partial charge is 0.466 e. The smallest absolute Gasteiger partial charge is 0.305 e. The molecule has 0 aliphatic heterocycles. The van der Waals surface area contributed by atoms with Gasteiger partial charge in [0.15, 0.2) is 0 Å². The van der Waals surface area contributed by atoms with Crippen LogP contribution in [-0.4, -0.2) is 47.4 Å². The number of amides is 1. The van der Waals surface area contributed by atoms with E-state index < -0.39 is 12.1 Å². The van der Waals surface area contributed by atoms with Gasteiger partial charge in [0.2, 0.25) is 5.91 Å². The summed E-state index contributed by atoms with van der Waals surface area (Å²) in [4.78, 5) is 24.6. The molecular weight excluding hydrogens is 971 g/mol. The van der Waals surface area contributed by atoms with Gasteiger partial charge in [-0.25, -0.2) is 0 Å². The van der Waals surface area contributed by atoms with Crippen LogP contribution < -0.4 is 5.32 Å². The molecule has 0 saturated heterocycles. The molecule has 2 atom stereocenters. The molecule has 470 valence electrons. The zero-order valence-electron chi connectivity index (χ0n) is 53.9. The summed E-state index contributed by atoms with van der Waals surface area (Å²) in [5.41, 5.74) is 0. The van der Waals surface area contributed by atoms with Crippen molar-refractivity contribution in [2.75, 3.05) is 13.2 Å². The van der Waals surface area contributed by atoms with Crippen molar-refractivity contribution in [1.29, 1.82) is 0 Å². The third-order valence-corrected chi connectivity index (χ3v) is 17.3. The first-order valence-corrected chi connectivity index (χ1v) is 36.4. The van der Waals surface area contributed by atoms with E-state index >= 15 is 0 Å². The Morgan fingerprint density at radius 3 is 0.899 bits per heavy atom. The molecule has 0 aromatic carbocycles. The highest BCUT2D eigenvalue weighted by molar-refractivity contribution is 5.76. The summed E-state index contributed by atoms with van der Waals surface area (Å²) < 4.78 is 5.50. The van der Waals surface area contributed by atoms with Gasteiger partial charge in [-0.15, -0.1) is 0 Å². The van der Waals surface area contributed by atoms with Crippen LogP contribution in [0.25, 0.3) is 0 Å². The van der Waals surface area contributed by atoms with Crippen LogP contribution in [0.4, 0.5) is 0 Å². The molecule has 6 heteroatoms. The summed E-state index contributed by atoms with van der Waals surface area (Å²) in [5.74, 6) is -0.00802. The predicted molar refractivity (Wildman–Crippen MR) is 347 cm³/mol. The number of hydrogen-bond donors (Lipinski definition) is 3. The second-order valence-electron chi connectivity index (χ2n) is 25.3. The van der Waals surface area contributed by atoms with Gasteiger partial charge in [-0.05, 0) is 51.4 Å². The fourth-order valence-corrected chi connectivity index (χ4v) is 11.8. The first-order valence-electron chi connectivity index (χ1n) is 36.4. The molecule has 0 fully saturated rings. The Morgan fingerprint density at radius 1 is 0.342 bits per heavy atom. The van der Waals surface area contributed by atoms with Crippen molar-refractivity contribution in [2.45, 2.75) is 431 Å². The molecule has 0 aromatic rings. The molecule has 0 aliphatic carbocycles. The lowest BCUT2D eigenvalue weighted by molar-refractivity contribution is -0.143. The Kier molecular flexibility index (Phi) is 67.9. The fourth-order valence-electron chi connectivity index (χ4n) is 11.8. The zero-order chi connectivity index (χ0) is 57.1. The van der Waals surface area contributed by atoms with E-state index in [9.17, 15) is 19.8 Å². The van der Waals surface area contributed by atoms with Gasteiger partial charge in [0.25, 0.3) is 0 Å². The van der Waals surface area contributed by atoms with E-state index in [0.717, 1.165) is 38.5 Å². The number of ether oxygens (including phenoxy) is 1. The van der Waals surface area contributed by atoms with Crippen molar-refractivity contribution in [2.24, 2.45) is 0 Å². The molecule has 0 heterocycles. The van der Waals surface area contributed by atoms with E-state index in [-0.39, 0.29) is 18.5 Å². The van der Waals surface area contributed by atoms with Crippen LogP contribution >= 0.6 is 0 Å². The van der Waals surface area contributed by atoms with Crippen molar-refractivity contribution in [1.82, 2.24) is 5.32 Å². The van der Waals surface area contributed by atoms with Gasteiger partial charge in [-0.1, -0.05) is 366 Å². The normalized spacial score (nSPS) is 12.5. The van der Waals surface area contributed by atoms with Crippen molar-refractivity contribution < 1.29 is 24.5 Å². The van der Waals surface area contributed by atoms with E-state index in [1.165, 1.54) is 347 Å². The lowest BCUT2D eigenvalue weighted by Gasteiger charge is -2.22. The summed E-state index contributed by atoms with van der Waals surface area (Å²) in [6, 6.07) is -0.540. The summed E-state index contributed by atoms with van der Waals surface area (Å²) >= 11 is 0. The van der Waals surface area contributed by atoms with Gasteiger partial charge in [-0.2, -0.15) is 0 Å².